The molecule has 126 valence electrons. The standard InChI is InChI=1S/C19H22N2O2S/c1-3-4-8-13(2)11-12-16(22)21-19-17(18(20)23)14-9-6-5-7-10-15(14)24-19/h3-4,8,11-12H,1-2,5-7,9-10H2,(H2,20,23)(H,21,22)/b8-4-,12-11+. The molecule has 1 aliphatic carbocycles. The molecule has 4 nitrogen and oxygen atoms in total. The largest absolute Gasteiger partial charge is 0.365 e. The van der Waals surface area contributed by atoms with E-state index in [4.69, 9.17) is 5.73 Å². The molecule has 0 aromatic carbocycles. The summed E-state index contributed by atoms with van der Waals surface area (Å²) >= 11 is 1.46. The second kappa shape index (κ2) is 8.45. The summed E-state index contributed by atoms with van der Waals surface area (Å²) < 4.78 is 0. The van der Waals surface area contributed by atoms with Gasteiger partial charge in [-0.25, -0.2) is 0 Å². The van der Waals surface area contributed by atoms with Gasteiger partial charge in [-0.05, 0) is 36.8 Å². The van der Waals surface area contributed by atoms with Gasteiger partial charge in [0.25, 0.3) is 5.91 Å². The Kier molecular flexibility index (Phi) is 6.32. The van der Waals surface area contributed by atoms with Crippen LogP contribution in [0, 0.1) is 0 Å². The van der Waals surface area contributed by atoms with Crippen LogP contribution in [0.5, 0.6) is 0 Å². The smallest absolute Gasteiger partial charge is 0.251 e. The maximum absolute atomic E-state index is 12.1. The van der Waals surface area contributed by atoms with E-state index in [1.54, 1.807) is 24.3 Å². The van der Waals surface area contributed by atoms with Gasteiger partial charge in [-0.15, -0.1) is 11.3 Å². The summed E-state index contributed by atoms with van der Waals surface area (Å²) in [5.41, 5.74) is 7.73. The van der Waals surface area contributed by atoms with Crippen LogP contribution in [-0.4, -0.2) is 11.8 Å². The molecule has 1 heterocycles. The Morgan fingerprint density at radius 1 is 1.12 bits per heavy atom. The molecule has 0 aliphatic heterocycles. The van der Waals surface area contributed by atoms with Crippen molar-refractivity contribution in [2.24, 2.45) is 5.73 Å². The van der Waals surface area contributed by atoms with E-state index >= 15 is 0 Å². The number of carbonyl (C=O) groups excluding carboxylic acids is 2. The van der Waals surface area contributed by atoms with Crippen LogP contribution in [0.15, 0.2) is 49.1 Å². The number of hydrogen-bond acceptors (Lipinski definition) is 3. The molecule has 5 heteroatoms. The van der Waals surface area contributed by atoms with Crippen molar-refractivity contribution in [2.75, 3.05) is 5.32 Å². The Morgan fingerprint density at radius 3 is 2.58 bits per heavy atom. The molecule has 24 heavy (non-hydrogen) atoms. The molecule has 0 saturated carbocycles. The number of nitrogens with two attached hydrogens (primary N) is 1. The normalized spacial score (nSPS) is 14.3. The number of aryl methyl sites for hydroxylation is 1. The minimum atomic E-state index is -0.480. The number of primary amides is 1. The van der Waals surface area contributed by atoms with Gasteiger partial charge >= 0.3 is 0 Å². The van der Waals surface area contributed by atoms with Crippen LogP contribution in [0.3, 0.4) is 0 Å². The third-order valence-corrected chi connectivity index (χ3v) is 5.01. The SMILES string of the molecule is C=C/C=C\C(=C)/C=C/C(=O)Nc1sc2c(c1C(N)=O)CCCCC2. The Bertz CT molecular complexity index is 726. The van der Waals surface area contributed by atoms with Gasteiger partial charge < -0.3 is 11.1 Å². The molecule has 0 atom stereocenters. The lowest BCUT2D eigenvalue weighted by Crippen LogP contribution is -2.17. The Hall–Kier alpha value is -2.40. The molecule has 0 spiro atoms. The highest BCUT2D eigenvalue weighted by atomic mass is 32.1. The molecule has 0 saturated heterocycles. The van der Waals surface area contributed by atoms with Crippen LogP contribution in [0.25, 0.3) is 0 Å². The summed E-state index contributed by atoms with van der Waals surface area (Å²) in [5, 5.41) is 3.34. The average Bonchev–Trinajstić information content (AvgIpc) is 2.72. The fourth-order valence-electron chi connectivity index (χ4n) is 2.67. The van der Waals surface area contributed by atoms with E-state index in [0.717, 1.165) is 37.7 Å². The number of carbonyl (C=O) groups is 2. The van der Waals surface area contributed by atoms with Crippen molar-refractivity contribution in [3.63, 3.8) is 0 Å². The monoisotopic (exact) mass is 342 g/mol. The second-order valence-electron chi connectivity index (χ2n) is 5.63. The number of hydrogen-bond donors (Lipinski definition) is 2. The van der Waals surface area contributed by atoms with Crippen LogP contribution >= 0.6 is 11.3 Å². The summed E-state index contributed by atoms with van der Waals surface area (Å²) in [7, 11) is 0. The van der Waals surface area contributed by atoms with Gasteiger partial charge in [0.2, 0.25) is 5.91 Å². The maximum Gasteiger partial charge on any atom is 0.251 e. The summed E-state index contributed by atoms with van der Waals surface area (Å²) in [6.07, 6.45) is 13.2. The van der Waals surface area contributed by atoms with Crippen molar-refractivity contribution >= 4 is 28.2 Å². The van der Waals surface area contributed by atoms with Gasteiger partial charge in [0.15, 0.2) is 0 Å². The molecule has 1 aromatic rings. The fraction of sp³-hybridized carbons (Fsp3) is 0.263. The van der Waals surface area contributed by atoms with E-state index in [1.807, 2.05) is 0 Å². The number of rotatable bonds is 6. The molecular formula is C19H22N2O2S. The zero-order chi connectivity index (χ0) is 17.5. The zero-order valence-corrected chi connectivity index (χ0v) is 14.5. The molecule has 0 radical (unpaired) electrons. The highest BCUT2D eigenvalue weighted by Crippen LogP contribution is 2.37. The Labute approximate surface area is 146 Å². The van der Waals surface area contributed by atoms with E-state index < -0.39 is 5.91 Å². The molecule has 1 aliphatic rings. The van der Waals surface area contributed by atoms with Gasteiger partial charge in [0, 0.05) is 11.0 Å². The van der Waals surface area contributed by atoms with Crippen molar-refractivity contribution in [3.05, 3.63) is 65.1 Å². The molecule has 2 rings (SSSR count). The average molecular weight is 342 g/mol. The van der Waals surface area contributed by atoms with E-state index in [-0.39, 0.29) is 5.91 Å². The number of allylic oxidation sites excluding steroid dienone is 5. The number of anilines is 1. The van der Waals surface area contributed by atoms with Crippen LogP contribution in [0.2, 0.25) is 0 Å². The number of nitrogens with one attached hydrogen (secondary N) is 1. The highest BCUT2D eigenvalue weighted by Gasteiger charge is 2.23. The molecule has 0 bridgehead atoms. The van der Waals surface area contributed by atoms with E-state index in [9.17, 15) is 9.59 Å². The quantitative estimate of drug-likeness (QED) is 0.467. The Balaban J connectivity index is 2.17. The first kappa shape index (κ1) is 17.9. The van der Waals surface area contributed by atoms with Crippen molar-refractivity contribution in [1.82, 2.24) is 0 Å². The molecule has 0 unspecified atom stereocenters. The minimum Gasteiger partial charge on any atom is -0.365 e. The maximum atomic E-state index is 12.1. The summed E-state index contributed by atoms with van der Waals surface area (Å²) in [6, 6.07) is 0. The first-order chi connectivity index (χ1) is 11.5. The number of amides is 2. The van der Waals surface area contributed by atoms with Crippen LogP contribution in [0.1, 0.15) is 40.1 Å². The summed E-state index contributed by atoms with van der Waals surface area (Å²) in [4.78, 5) is 25.1. The van der Waals surface area contributed by atoms with E-state index in [0.29, 0.717) is 16.1 Å². The van der Waals surface area contributed by atoms with Gasteiger partial charge in [-0.1, -0.05) is 43.9 Å². The van der Waals surface area contributed by atoms with Crippen molar-refractivity contribution in [1.29, 1.82) is 0 Å². The van der Waals surface area contributed by atoms with Crippen molar-refractivity contribution < 1.29 is 9.59 Å². The van der Waals surface area contributed by atoms with Crippen LogP contribution in [0.4, 0.5) is 5.00 Å². The summed E-state index contributed by atoms with van der Waals surface area (Å²) in [6.45, 7) is 7.38. The predicted octanol–water partition coefficient (Wildman–Crippen LogP) is 3.91. The first-order valence-electron chi connectivity index (χ1n) is 7.94. The van der Waals surface area contributed by atoms with Crippen molar-refractivity contribution in [3.8, 4) is 0 Å². The van der Waals surface area contributed by atoms with Crippen LogP contribution in [-0.2, 0) is 17.6 Å². The first-order valence-corrected chi connectivity index (χ1v) is 8.76. The van der Waals surface area contributed by atoms with E-state index in [2.05, 4.69) is 18.5 Å². The molecular weight excluding hydrogens is 320 g/mol. The molecule has 3 N–H and O–H groups in total. The topological polar surface area (TPSA) is 72.2 Å². The molecule has 0 fully saturated rings. The summed E-state index contributed by atoms with van der Waals surface area (Å²) in [5.74, 6) is -0.783. The lowest BCUT2D eigenvalue weighted by atomic mass is 10.1. The van der Waals surface area contributed by atoms with Gasteiger partial charge in [0.05, 0.1) is 5.56 Å². The second-order valence-corrected chi connectivity index (χ2v) is 6.73. The number of fused-ring (bicyclic) bond motifs is 1. The lowest BCUT2D eigenvalue weighted by Gasteiger charge is -2.04. The third-order valence-electron chi connectivity index (χ3n) is 3.80. The fourth-order valence-corrected chi connectivity index (χ4v) is 3.97. The molecule has 1 aromatic heterocycles. The van der Waals surface area contributed by atoms with Crippen molar-refractivity contribution in [2.45, 2.75) is 32.1 Å². The van der Waals surface area contributed by atoms with Crippen LogP contribution < -0.4 is 11.1 Å². The molecule has 2 amide bonds. The number of thiophene rings is 1. The van der Waals surface area contributed by atoms with E-state index in [1.165, 1.54) is 22.3 Å². The highest BCUT2D eigenvalue weighted by molar-refractivity contribution is 7.17. The third kappa shape index (κ3) is 4.55. The van der Waals surface area contributed by atoms with Gasteiger partial charge in [-0.3, -0.25) is 9.59 Å². The zero-order valence-electron chi connectivity index (χ0n) is 13.6. The van der Waals surface area contributed by atoms with Gasteiger partial charge in [0.1, 0.15) is 5.00 Å². The lowest BCUT2D eigenvalue weighted by molar-refractivity contribution is -0.111. The van der Waals surface area contributed by atoms with Gasteiger partial charge in [-0.2, -0.15) is 0 Å². The minimum absolute atomic E-state index is 0.304. The Morgan fingerprint density at radius 2 is 1.88 bits per heavy atom. The predicted molar refractivity (Wildman–Crippen MR) is 100 cm³/mol.